The van der Waals surface area contributed by atoms with Crippen LogP contribution in [0.5, 0.6) is 0 Å². The van der Waals surface area contributed by atoms with Gasteiger partial charge in [-0.1, -0.05) is 19.1 Å². The molecule has 2 amide bonds. The smallest absolute Gasteiger partial charge is 0.319 e. The number of para-hydroxylation sites is 1. The van der Waals surface area contributed by atoms with Crippen LogP contribution in [-0.4, -0.2) is 38.6 Å². The lowest BCUT2D eigenvalue weighted by molar-refractivity contribution is 0.160. The summed E-state index contributed by atoms with van der Waals surface area (Å²) in [7, 11) is 0. The molecule has 7 nitrogen and oxygen atoms in total. The van der Waals surface area contributed by atoms with Crippen molar-refractivity contribution in [1.29, 1.82) is 0 Å². The Balaban J connectivity index is 2.05. The van der Waals surface area contributed by atoms with Gasteiger partial charge in [0, 0.05) is 18.7 Å². The molecule has 0 aliphatic heterocycles. The summed E-state index contributed by atoms with van der Waals surface area (Å²) in [5.41, 5.74) is 1.49. The van der Waals surface area contributed by atoms with E-state index in [-0.39, 0.29) is 12.1 Å². The van der Waals surface area contributed by atoms with Gasteiger partial charge in [0.25, 0.3) is 0 Å². The van der Waals surface area contributed by atoms with E-state index in [1.165, 1.54) is 0 Å². The second-order valence-corrected chi connectivity index (χ2v) is 5.22. The molecule has 0 saturated carbocycles. The zero-order valence-corrected chi connectivity index (χ0v) is 13.5. The van der Waals surface area contributed by atoms with Crippen LogP contribution in [0.4, 0.5) is 10.5 Å². The van der Waals surface area contributed by atoms with Crippen LogP contribution >= 0.6 is 0 Å². The Morgan fingerprint density at radius 1 is 1.35 bits per heavy atom. The monoisotopic (exact) mass is 317 g/mol. The number of carbonyl (C=O) groups is 1. The largest absolute Gasteiger partial charge is 0.393 e. The number of amides is 2. The van der Waals surface area contributed by atoms with E-state index in [2.05, 4.69) is 20.8 Å². The maximum absolute atomic E-state index is 12.0. The number of nitrogens with one attached hydrogen (secondary N) is 2. The van der Waals surface area contributed by atoms with Crippen LogP contribution in [0.1, 0.15) is 26.7 Å². The van der Waals surface area contributed by atoms with E-state index in [1.807, 2.05) is 42.7 Å². The molecule has 3 N–H and O–H groups in total. The minimum atomic E-state index is -0.384. The lowest BCUT2D eigenvalue weighted by Gasteiger charge is -2.13. The lowest BCUT2D eigenvalue weighted by atomic mass is 10.1. The normalized spacial score (nSPS) is 12.0. The first-order chi connectivity index (χ1) is 11.2. The molecular weight excluding hydrogens is 294 g/mol. The number of anilines is 1. The van der Waals surface area contributed by atoms with Crippen LogP contribution in [0.3, 0.4) is 0 Å². The van der Waals surface area contributed by atoms with Crippen molar-refractivity contribution in [2.45, 2.75) is 39.3 Å². The fraction of sp³-hybridized carbons (Fsp3) is 0.438. The van der Waals surface area contributed by atoms with Crippen LogP contribution in [0.2, 0.25) is 0 Å². The van der Waals surface area contributed by atoms with E-state index in [1.54, 1.807) is 6.33 Å². The van der Waals surface area contributed by atoms with Gasteiger partial charge in [-0.3, -0.25) is 0 Å². The SMILES string of the molecule is CCC(O)CCNC(=O)Nc1ccccc1-c1nncn1CC. The molecule has 2 rings (SSSR count). The van der Waals surface area contributed by atoms with Crippen molar-refractivity contribution in [2.75, 3.05) is 11.9 Å². The first-order valence-electron chi connectivity index (χ1n) is 7.85. The van der Waals surface area contributed by atoms with E-state index in [4.69, 9.17) is 0 Å². The second-order valence-electron chi connectivity index (χ2n) is 5.22. The number of aliphatic hydroxyl groups is 1. The molecule has 0 fully saturated rings. The number of aryl methyl sites for hydroxylation is 1. The van der Waals surface area contributed by atoms with E-state index < -0.39 is 0 Å². The minimum Gasteiger partial charge on any atom is -0.393 e. The maximum atomic E-state index is 12.0. The van der Waals surface area contributed by atoms with E-state index in [0.717, 1.165) is 12.1 Å². The van der Waals surface area contributed by atoms with Gasteiger partial charge in [-0.15, -0.1) is 10.2 Å². The third-order valence-corrected chi connectivity index (χ3v) is 3.61. The topological polar surface area (TPSA) is 92.1 Å². The van der Waals surface area contributed by atoms with Crippen LogP contribution in [0.25, 0.3) is 11.4 Å². The molecule has 0 radical (unpaired) electrons. The summed E-state index contributed by atoms with van der Waals surface area (Å²) in [6.07, 6.45) is 2.50. The molecule has 0 spiro atoms. The predicted octanol–water partition coefficient (Wildman–Crippen LogP) is 2.25. The fourth-order valence-corrected chi connectivity index (χ4v) is 2.21. The Bertz CT molecular complexity index is 641. The summed E-state index contributed by atoms with van der Waals surface area (Å²) in [4.78, 5) is 12.0. The van der Waals surface area contributed by atoms with Gasteiger partial charge in [0.15, 0.2) is 5.82 Å². The summed E-state index contributed by atoms with van der Waals surface area (Å²) < 4.78 is 1.91. The third kappa shape index (κ3) is 4.53. The van der Waals surface area contributed by atoms with Crippen LogP contribution in [-0.2, 0) is 6.54 Å². The molecule has 23 heavy (non-hydrogen) atoms. The highest BCUT2D eigenvalue weighted by Gasteiger charge is 2.12. The molecule has 1 unspecified atom stereocenters. The maximum Gasteiger partial charge on any atom is 0.319 e. The van der Waals surface area contributed by atoms with Gasteiger partial charge in [-0.2, -0.15) is 0 Å². The molecule has 0 aliphatic rings. The Labute approximate surface area is 135 Å². The third-order valence-electron chi connectivity index (χ3n) is 3.61. The highest BCUT2D eigenvalue weighted by molar-refractivity contribution is 5.93. The van der Waals surface area contributed by atoms with Gasteiger partial charge < -0.3 is 20.3 Å². The zero-order chi connectivity index (χ0) is 16.7. The molecule has 1 aromatic carbocycles. The molecule has 7 heteroatoms. The number of aliphatic hydroxyl groups excluding tert-OH is 1. The van der Waals surface area contributed by atoms with Crippen molar-refractivity contribution in [1.82, 2.24) is 20.1 Å². The van der Waals surface area contributed by atoms with E-state index >= 15 is 0 Å². The van der Waals surface area contributed by atoms with Crippen LogP contribution in [0, 0.1) is 0 Å². The van der Waals surface area contributed by atoms with Gasteiger partial charge in [-0.25, -0.2) is 4.79 Å². The van der Waals surface area contributed by atoms with Crippen molar-refractivity contribution >= 4 is 11.7 Å². The number of nitrogens with zero attached hydrogens (tertiary/aromatic N) is 3. The standard InChI is InChI=1S/C16H23N5O2/c1-3-12(22)9-10-17-16(23)19-14-8-6-5-7-13(14)15-20-18-11-21(15)4-2/h5-8,11-12,22H,3-4,9-10H2,1-2H3,(H2,17,19,23). The number of hydrogen-bond acceptors (Lipinski definition) is 4. The van der Waals surface area contributed by atoms with Crippen molar-refractivity contribution in [3.8, 4) is 11.4 Å². The summed E-state index contributed by atoms with van der Waals surface area (Å²) in [5.74, 6) is 0.713. The minimum absolute atomic E-state index is 0.302. The number of rotatable bonds is 7. The predicted molar refractivity (Wildman–Crippen MR) is 89.1 cm³/mol. The summed E-state index contributed by atoms with van der Waals surface area (Å²) >= 11 is 0. The Kier molecular flexibility index (Phi) is 6.10. The number of urea groups is 1. The first kappa shape index (κ1) is 17.0. The Hall–Kier alpha value is -2.41. The highest BCUT2D eigenvalue weighted by atomic mass is 16.3. The number of aromatic nitrogens is 3. The second kappa shape index (κ2) is 8.28. The Morgan fingerprint density at radius 3 is 2.87 bits per heavy atom. The van der Waals surface area contributed by atoms with Gasteiger partial charge in [0.1, 0.15) is 6.33 Å². The molecule has 0 bridgehead atoms. The van der Waals surface area contributed by atoms with Crippen molar-refractivity contribution < 1.29 is 9.90 Å². The quantitative estimate of drug-likeness (QED) is 0.730. The van der Waals surface area contributed by atoms with Gasteiger partial charge in [0.05, 0.1) is 11.8 Å². The molecule has 1 aromatic heterocycles. The average Bonchev–Trinajstić information content (AvgIpc) is 3.03. The van der Waals surface area contributed by atoms with Gasteiger partial charge in [-0.05, 0) is 31.9 Å². The average molecular weight is 317 g/mol. The van der Waals surface area contributed by atoms with Crippen molar-refractivity contribution in [3.63, 3.8) is 0 Å². The fourth-order valence-electron chi connectivity index (χ4n) is 2.21. The number of carbonyl (C=O) groups excluding carboxylic acids is 1. The highest BCUT2D eigenvalue weighted by Crippen LogP contribution is 2.25. The number of benzene rings is 1. The number of hydrogen-bond donors (Lipinski definition) is 3. The first-order valence-corrected chi connectivity index (χ1v) is 7.85. The molecule has 124 valence electrons. The summed E-state index contributed by atoms with van der Waals surface area (Å²) in [6, 6.07) is 7.16. The van der Waals surface area contributed by atoms with Crippen molar-refractivity contribution in [3.05, 3.63) is 30.6 Å². The van der Waals surface area contributed by atoms with Crippen molar-refractivity contribution in [2.24, 2.45) is 0 Å². The van der Waals surface area contributed by atoms with Crippen LogP contribution in [0.15, 0.2) is 30.6 Å². The van der Waals surface area contributed by atoms with Gasteiger partial charge >= 0.3 is 6.03 Å². The molecule has 1 atom stereocenters. The van der Waals surface area contributed by atoms with Gasteiger partial charge in [0.2, 0.25) is 0 Å². The molecule has 0 saturated heterocycles. The molecular formula is C16H23N5O2. The Morgan fingerprint density at radius 2 is 2.13 bits per heavy atom. The lowest BCUT2D eigenvalue weighted by Crippen LogP contribution is -2.31. The van der Waals surface area contributed by atoms with E-state index in [9.17, 15) is 9.90 Å². The van der Waals surface area contributed by atoms with E-state index in [0.29, 0.717) is 30.9 Å². The van der Waals surface area contributed by atoms with Crippen LogP contribution < -0.4 is 10.6 Å². The summed E-state index contributed by atoms with van der Waals surface area (Å²) in [6.45, 7) is 5.09. The summed E-state index contributed by atoms with van der Waals surface area (Å²) in [5, 5.41) is 23.1. The zero-order valence-electron chi connectivity index (χ0n) is 13.5. The molecule has 1 heterocycles. The molecule has 0 aliphatic carbocycles. The molecule has 2 aromatic rings.